The number of nitrogens with zero attached hydrogens (tertiary/aromatic N) is 1. The van der Waals surface area contributed by atoms with Crippen molar-refractivity contribution in [3.63, 3.8) is 0 Å². The van der Waals surface area contributed by atoms with Crippen LogP contribution in [0.15, 0.2) is 17.8 Å². The van der Waals surface area contributed by atoms with E-state index >= 15 is 0 Å². The monoisotopic (exact) mass is 441 g/mol. The summed E-state index contributed by atoms with van der Waals surface area (Å²) in [5.41, 5.74) is 3.87. The number of benzene rings is 1. The molecule has 0 radical (unpaired) electrons. The van der Waals surface area contributed by atoms with Crippen molar-refractivity contribution < 1.29 is 28.6 Å². The zero-order chi connectivity index (χ0) is 23.2. The van der Waals surface area contributed by atoms with Crippen molar-refractivity contribution in [2.24, 2.45) is 5.92 Å². The summed E-state index contributed by atoms with van der Waals surface area (Å²) in [5.74, 6) is 0.0966. The summed E-state index contributed by atoms with van der Waals surface area (Å²) in [6, 6.07) is 1.79. The fourth-order valence-electron chi connectivity index (χ4n) is 5.22. The van der Waals surface area contributed by atoms with Crippen LogP contribution in [-0.2, 0) is 31.9 Å². The number of carbonyl (C=O) groups is 3. The molecule has 3 unspecified atom stereocenters. The Bertz CT molecular complexity index is 995. The molecule has 4 rings (SSSR count). The molecule has 0 fully saturated rings. The van der Waals surface area contributed by atoms with E-state index in [4.69, 9.17) is 14.2 Å². The fourth-order valence-corrected chi connectivity index (χ4v) is 5.22. The lowest BCUT2D eigenvalue weighted by Crippen LogP contribution is -2.47. The van der Waals surface area contributed by atoms with Gasteiger partial charge < -0.3 is 19.1 Å². The van der Waals surface area contributed by atoms with E-state index in [-0.39, 0.29) is 48.4 Å². The molecule has 7 heteroatoms. The van der Waals surface area contributed by atoms with Gasteiger partial charge in [-0.15, -0.1) is 0 Å². The second-order valence-corrected chi connectivity index (χ2v) is 9.12. The Morgan fingerprint density at radius 2 is 1.97 bits per heavy atom. The van der Waals surface area contributed by atoms with Gasteiger partial charge in [-0.3, -0.25) is 9.59 Å². The molecule has 0 bridgehead atoms. The van der Waals surface area contributed by atoms with Crippen molar-refractivity contribution >= 4 is 17.5 Å². The van der Waals surface area contributed by atoms with Gasteiger partial charge in [0.2, 0.25) is 0 Å². The quantitative estimate of drug-likeness (QED) is 0.381. The smallest absolute Gasteiger partial charge is 0.343 e. The number of ketones is 2. The first-order valence-corrected chi connectivity index (χ1v) is 11.3. The van der Waals surface area contributed by atoms with E-state index in [1.165, 1.54) is 12.5 Å². The highest BCUT2D eigenvalue weighted by Crippen LogP contribution is 2.47. The lowest BCUT2D eigenvalue weighted by atomic mass is 9.77. The Morgan fingerprint density at radius 1 is 1.22 bits per heavy atom. The maximum absolute atomic E-state index is 12.9. The van der Waals surface area contributed by atoms with Crippen LogP contribution in [0.4, 0.5) is 0 Å². The summed E-state index contributed by atoms with van der Waals surface area (Å²) < 4.78 is 16.5. The molecule has 7 nitrogen and oxygen atoms in total. The van der Waals surface area contributed by atoms with Gasteiger partial charge in [0, 0.05) is 37.8 Å². The molecule has 3 aliphatic rings. The lowest BCUT2D eigenvalue weighted by molar-refractivity contribution is -0.140. The Balaban J connectivity index is 1.84. The number of ether oxygens (including phenoxy) is 3. The van der Waals surface area contributed by atoms with Crippen molar-refractivity contribution in [1.29, 1.82) is 0 Å². The van der Waals surface area contributed by atoms with Crippen LogP contribution >= 0.6 is 0 Å². The van der Waals surface area contributed by atoms with Crippen molar-refractivity contribution in [2.75, 3.05) is 20.3 Å². The molecule has 3 aliphatic heterocycles. The van der Waals surface area contributed by atoms with Gasteiger partial charge in [-0.2, -0.15) is 0 Å². The molecule has 3 atom stereocenters. The normalized spacial score (nSPS) is 23.8. The van der Waals surface area contributed by atoms with Crippen LogP contribution in [0.5, 0.6) is 5.75 Å². The molecule has 0 spiro atoms. The Hall–Kier alpha value is -2.67. The summed E-state index contributed by atoms with van der Waals surface area (Å²) in [6.07, 6.45) is 3.18. The summed E-state index contributed by atoms with van der Waals surface area (Å²) in [4.78, 5) is 40.0. The minimum absolute atomic E-state index is 0.0652. The first-order chi connectivity index (χ1) is 15.3. The van der Waals surface area contributed by atoms with Gasteiger partial charge in [-0.1, -0.05) is 13.8 Å². The molecule has 32 heavy (non-hydrogen) atoms. The topological polar surface area (TPSA) is 82.1 Å². The number of hydrogen-bond donors (Lipinski definition) is 0. The third-order valence-corrected chi connectivity index (χ3v) is 6.72. The van der Waals surface area contributed by atoms with Crippen molar-refractivity contribution in [3.05, 3.63) is 40.1 Å². The van der Waals surface area contributed by atoms with E-state index in [0.29, 0.717) is 30.3 Å². The summed E-state index contributed by atoms with van der Waals surface area (Å²) in [6.45, 7) is 8.24. The minimum Gasteiger partial charge on any atom is -0.487 e. The second kappa shape index (κ2) is 8.70. The molecule has 1 aromatic carbocycles. The highest BCUT2D eigenvalue weighted by molar-refractivity contribution is 6.17. The second-order valence-electron chi connectivity index (χ2n) is 9.12. The number of methoxy groups -OCH3 is 1. The lowest BCUT2D eigenvalue weighted by Gasteiger charge is -2.47. The van der Waals surface area contributed by atoms with E-state index in [9.17, 15) is 14.4 Å². The molecule has 0 aromatic heterocycles. The highest BCUT2D eigenvalue weighted by Gasteiger charge is 2.43. The third-order valence-electron chi connectivity index (χ3n) is 6.72. The minimum atomic E-state index is -0.571. The first kappa shape index (κ1) is 22.5. The van der Waals surface area contributed by atoms with Crippen LogP contribution in [-0.4, -0.2) is 54.9 Å². The van der Waals surface area contributed by atoms with E-state index in [1.54, 1.807) is 20.2 Å². The number of Topliss-reactive ketones (excluding diaryl/α,β-unsaturated/α-hetero) is 2. The molecule has 1 aromatic rings. The number of carbonyl (C=O) groups excluding carboxylic acids is 3. The zero-order valence-electron chi connectivity index (χ0n) is 19.4. The Kier molecular flexibility index (Phi) is 6.12. The van der Waals surface area contributed by atoms with Gasteiger partial charge >= 0.3 is 5.97 Å². The number of rotatable bonds is 6. The maximum atomic E-state index is 12.9. The zero-order valence-corrected chi connectivity index (χ0v) is 19.4. The van der Waals surface area contributed by atoms with Gasteiger partial charge in [-0.05, 0) is 43.4 Å². The molecular formula is C25H31NO6. The highest BCUT2D eigenvalue weighted by atomic mass is 16.5. The average Bonchev–Trinajstić information content (AvgIpc) is 3.16. The summed E-state index contributed by atoms with van der Waals surface area (Å²) >= 11 is 0. The number of esters is 1. The number of hydrogen-bond acceptors (Lipinski definition) is 7. The first-order valence-electron chi connectivity index (χ1n) is 11.3. The SMILES string of the molecule is CCOC(=O)C1=CN2C(CC1=O)c1cc(C(C)=O)c3c(c1CC2C(C)C)CC(COC)O3. The van der Waals surface area contributed by atoms with Crippen LogP contribution < -0.4 is 4.74 Å². The van der Waals surface area contributed by atoms with Crippen LogP contribution in [0.25, 0.3) is 0 Å². The average molecular weight is 442 g/mol. The largest absolute Gasteiger partial charge is 0.487 e. The van der Waals surface area contributed by atoms with E-state index in [0.717, 1.165) is 17.5 Å². The van der Waals surface area contributed by atoms with E-state index < -0.39 is 5.97 Å². The van der Waals surface area contributed by atoms with E-state index in [2.05, 4.69) is 18.7 Å². The predicted octanol–water partition coefficient (Wildman–Crippen LogP) is 3.18. The molecule has 3 heterocycles. The van der Waals surface area contributed by atoms with Gasteiger partial charge in [0.15, 0.2) is 11.6 Å². The van der Waals surface area contributed by atoms with Gasteiger partial charge in [-0.25, -0.2) is 4.79 Å². The summed E-state index contributed by atoms with van der Waals surface area (Å²) in [5, 5.41) is 0. The number of fused-ring (bicyclic) bond motifs is 5. The van der Waals surface area contributed by atoms with Crippen molar-refractivity contribution in [1.82, 2.24) is 4.90 Å². The molecule has 0 aliphatic carbocycles. The molecule has 0 amide bonds. The van der Waals surface area contributed by atoms with Gasteiger partial charge in [0.1, 0.15) is 17.4 Å². The third kappa shape index (κ3) is 3.72. The van der Waals surface area contributed by atoms with Crippen LogP contribution in [0.3, 0.4) is 0 Å². The van der Waals surface area contributed by atoms with Crippen LogP contribution in [0.1, 0.15) is 67.2 Å². The van der Waals surface area contributed by atoms with E-state index in [1.807, 2.05) is 6.07 Å². The van der Waals surface area contributed by atoms with Crippen molar-refractivity contribution in [2.45, 2.75) is 65.1 Å². The van der Waals surface area contributed by atoms with Crippen LogP contribution in [0, 0.1) is 5.92 Å². The van der Waals surface area contributed by atoms with Crippen LogP contribution in [0.2, 0.25) is 0 Å². The molecule has 0 saturated carbocycles. The van der Waals surface area contributed by atoms with Gasteiger partial charge in [0.05, 0.1) is 24.8 Å². The standard InChI is InChI=1S/C25H31NO6/c1-6-31-25(29)20-11-26-21(13(2)3)9-17-18(22(26)10-23(20)28)8-16(14(4)27)24-19(17)7-15(32-24)12-30-5/h8,11,13,15,21-22H,6-7,9-10,12H2,1-5H3. The maximum Gasteiger partial charge on any atom is 0.343 e. The molecule has 172 valence electrons. The molecule has 0 N–H and O–H groups in total. The predicted molar refractivity (Wildman–Crippen MR) is 118 cm³/mol. The van der Waals surface area contributed by atoms with Crippen molar-refractivity contribution in [3.8, 4) is 5.75 Å². The fraction of sp³-hybridized carbons (Fsp3) is 0.560. The molecular weight excluding hydrogens is 410 g/mol. The van der Waals surface area contributed by atoms with Gasteiger partial charge in [0.25, 0.3) is 0 Å². The Labute approximate surface area is 188 Å². The summed E-state index contributed by atoms with van der Waals surface area (Å²) in [7, 11) is 1.64. The Morgan fingerprint density at radius 3 is 2.59 bits per heavy atom. The molecule has 0 saturated heterocycles.